The second-order valence-corrected chi connectivity index (χ2v) is 4.19. The largest absolute Gasteiger partial charge is 0.496 e. The lowest BCUT2D eigenvalue weighted by molar-refractivity contribution is 0.410. The third kappa shape index (κ3) is 2.36. The van der Waals surface area contributed by atoms with E-state index in [1.807, 2.05) is 24.3 Å². The molecule has 0 bridgehead atoms. The molecule has 0 saturated carbocycles. The lowest BCUT2D eigenvalue weighted by Gasteiger charge is -2.10. The van der Waals surface area contributed by atoms with E-state index in [4.69, 9.17) is 10.5 Å². The summed E-state index contributed by atoms with van der Waals surface area (Å²) in [6.45, 7) is 2.17. The summed E-state index contributed by atoms with van der Waals surface area (Å²) in [5, 5.41) is 0. The fourth-order valence-corrected chi connectivity index (χ4v) is 1.94. The number of ether oxygens (including phenoxy) is 1. The van der Waals surface area contributed by atoms with Crippen LogP contribution in [0.1, 0.15) is 11.1 Å². The fraction of sp³-hybridized carbons (Fsp3) is 0.200. The molecule has 0 saturated heterocycles. The normalized spacial score (nSPS) is 10.4. The Hall–Kier alpha value is -1.87. The van der Waals surface area contributed by atoms with Crippen molar-refractivity contribution in [2.75, 3.05) is 7.11 Å². The Morgan fingerprint density at radius 1 is 1.11 bits per heavy atom. The quantitative estimate of drug-likeness (QED) is 0.900. The Morgan fingerprint density at radius 3 is 2.39 bits per heavy atom. The highest BCUT2D eigenvalue weighted by molar-refractivity contribution is 5.66. The van der Waals surface area contributed by atoms with E-state index in [1.165, 1.54) is 6.07 Å². The molecule has 0 aliphatic rings. The molecule has 0 radical (unpaired) electrons. The number of benzene rings is 2. The average molecular weight is 245 g/mol. The van der Waals surface area contributed by atoms with Crippen molar-refractivity contribution < 1.29 is 9.13 Å². The van der Waals surface area contributed by atoms with Crippen LogP contribution in [0.3, 0.4) is 0 Å². The van der Waals surface area contributed by atoms with Gasteiger partial charge in [-0.05, 0) is 47.9 Å². The predicted molar refractivity (Wildman–Crippen MR) is 71.0 cm³/mol. The standard InChI is InChI=1S/C15H16FNO/c1-10-7-11(3-5-14(10)16)12-4-6-15(18-2)13(8-12)9-17/h3-8H,9,17H2,1-2H3. The van der Waals surface area contributed by atoms with Gasteiger partial charge in [0, 0.05) is 12.1 Å². The molecule has 18 heavy (non-hydrogen) atoms. The van der Waals surface area contributed by atoms with Crippen molar-refractivity contribution in [3.8, 4) is 16.9 Å². The van der Waals surface area contributed by atoms with Crippen LogP contribution in [0.5, 0.6) is 5.75 Å². The van der Waals surface area contributed by atoms with Gasteiger partial charge in [-0.25, -0.2) is 4.39 Å². The summed E-state index contributed by atoms with van der Waals surface area (Å²) >= 11 is 0. The molecule has 0 atom stereocenters. The van der Waals surface area contributed by atoms with Gasteiger partial charge < -0.3 is 10.5 Å². The minimum Gasteiger partial charge on any atom is -0.496 e. The lowest BCUT2D eigenvalue weighted by Crippen LogP contribution is -2.00. The summed E-state index contributed by atoms with van der Waals surface area (Å²) in [5.74, 6) is 0.589. The molecule has 2 rings (SSSR count). The summed E-state index contributed by atoms with van der Waals surface area (Å²) in [7, 11) is 1.62. The predicted octanol–water partition coefficient (Wildman–Crippen LogP) is 3.27. The van der Waals surface area contributed by atoms with Crippen LogP contribution in [0.15, 0.2) is 36.4 Å². The summed E-state index contributed by atoms with van der Waals surface area (Å²) in [6, 6.07) is 10.9. The van der Waals surface area contributed by atoms with E-state index >= 15 is 0 Å². The molecule has 0 heterocycles. The first-order valence-corrected chi connectivity index (χ1v) is 5.79. The number of rotatable bonds is 3. The molecular weight excluding hydrogens is 229 g/mol. The van der Waals surface area contributed by atoms with E-state index in [0.717, 1.165) is 22.4 Å². The van der Waals surface area contributed by atoms with Gasteiger partial charge in [0.1, 0.15) is 11.6 Å². The van der Waals surface area contributed by atoms with Crippen molar-refractivity contribution >= 4 is 0 Å². The highest BCUT2D eigenvalue weighted by Gasteiger charge is 2.06. The van der Waals surface area contributed by atoms with Gasteiger partial charge in [0.15, 0.2) is 0 Å². The highest BCUT2D eigenvalue weighted by atomic mass is 19.1. The fourth-order valence-electron chi connectivity index (χ4n) is 1.94. The lowest BCUT2D eigenvalue weighted by atomic mass is 10.0. The van der Waals surface area contributed by atoms with Crippen molar-refractivity contribution in [2.45, 2.75) is 13.5 Å². The van der Waals surface area contributed by atoms with E-state index in [1.54, 1.807) is 20.1 Å². The van der Waals surface area contributed by atoms with Gasteiger partial charge in [-0.1, -0.05) is 12.1 Å². The minimum absolute atomic E-state index is 0.189. The van der Waals surface area contributed by atoms with Gasteiger partial charge in [0.25, 0.3) is 0 Å². The Labute approximate surface area is 106 Å². The van der Waals surface area contributed by atoms with Crippen LogP contribution < -0.4 is 10.5 Å². The summed E-state index contributed by atoms with van der Waals surface area (Å²) in [5.41, 5.74) is 9.26. The molecule has 3 heteroatoms. The van der Waals surface area contributed by atoms with E-state index in [-0.39, 0.29) is 5.82 Å². The zero-order valence-corrected chi connectivity index (χ0v) is 10.5. The van der Waals surface area contributed by atoms with Crippen LogP contribution in [-0.2, 0) is 6.54 Å². The second-order valence-electron chi connectivity index (χ2n) is 4.19. The monoisotopic (exact) mass is 245 g/mol. The summed E-state index contributed by atoms with van der Waals surface area (Å²) in [6.07, 6.45) is 0. The molecule has 94 valence electrons. The Balaban J connectivity index is 2.47. The van der Waals surface area contributed by atoms with Crippen molar-refractivity contribution in [1.82, 2.24) is 0 Å². The molecule has 2 aromatic carbocycles. The van der Waals surface area contributed by atoms with Gasteiger partial charge in [0.2, 0.25) is 0 Å². The third-order valence-corrected chi connectivity index (χ3v) is 2.99. The maximum atomic E-state index is 13.2. The number of halogens is 1. The average Bonchev–Trinajstić information content (AvgIpc) is 2.41. The molecule has 0 spiro atoms. The number of hydrogen-bond donors (Lipinski definition) is 1. The number of aryl methyl sites for hydroxylation is 1. The van der Waals surface area contributed by atoms with Crippen LogP contribution in [0.25, 0.3) is 11.1 Å². The number of nitrogens with two attached hydrogens (primary N) is 1. The van der Waals surface area contributed by atoms with Crippen LogP contribution in [-0.4, -0.2) is 7.11 Å². The highest BCUT2D eigenvalue weighted by Crippen LogP contribution is 2.27. The number of methoxy groups -OCH3 is 1. The molecule has 0 amide bonds. The first-order chi connectivity index (χ1) is 8.65. The van der Waals surface area contributed by atoms with Crippen LogP contribution >= 0.6 is 0 Å². The molecule has 0 unspecified atom stereocenters. The molecule has 0 aliphatic carbocycles. The maximum Gasteiger partial charge on any atom is 0.126 e. The molecule has 0 fully saturated rings. The number of hydrogen-bond acceptors (Lipinski definition) is 2. The first kappa shape index (κ1) is 12.6. The zero-order chi connectivity index (χ0) is 13.1. The molecule has 2 nitrogen and oxygen atoms in total. The SMILES string of the molecule is COc1ccc(-c2ccc(F)c(C)c2)cc1CN. The Kier molecular flexibility index (Phi) is 3.63. The first-order valence-electron chi connectivity index (χ1n) is 5.79. The molecular formula is C15H16FNO. The molecule has 2 N–H and O–H groups in total. The van der Waals surface area contributed by atoms with Crippen LogP contribution in [0.4, 0.5) is 4.39 Å². The summed E-state index contributed by atoms with van der Waals surface area (Å²) < 4.78 is 18.5. The van der Waals surface area contributed by atoms with E-state index < -0.39 is 0 Å². The van der Waals surface area contributed by atoms with E-state index in [2.05, 4.69) is 0 Å². The second kappa shape index (κ2) is 5.19. The van der Waals surface area contributed by atoms with Gasteiger partial charge in [-0.2, -0.15) is 0 Å². The smallest absolute Gasteiger partial charge is 0.126 e. The molecule has 2 aromatic rings. The Bertz CT molecular complexity index is 566. The van der Waals surface area contributed by atoms with Crippen LogP contribution in [0, 0.1) is 12.7 Å². The van der Waals surface area contributed by atoms with Crippen molar-refractivity contribution in [3.63, 3.8) is 0 Å². The zero-order valence-electron chi connectivity index (χ0n) is 10.5. The topological polar surface area (TPSA) is 35.2 Å². The molecule has 0 aliphatic heterocycles. The van der Waals surface area contributed by atoms with Crippen LogP contribution in [0.2, 0.25) is 0 Å². The van der Waals surface area contributed by atoms with Crippen molar-refractivity contribution in [1.29, 1.82) is 0 Å². The van der Waals surface area contributed by atoms with E-state index in [0.29, 0.717) is 12.1 Å². The Morgan fingerprint density at radius 2 is 1.78 bits per heavy atom. The van der Waals surface area contributed by atoms with Crippen molar-refractivity contribution in [2.24, 2.45) is 5.73 Å². The van der Waals surface area contributed by atoms with Crippen molar-refractivity contribution in [3.05, 3.63) is 53.3 Å². The van der Waals surface area contributed by atoms with Gasteiger partial charge in [0.05, 0.1) is 7.11 Å². The van der Waals surface area contributed by atoms with E-state index in [9.17, 15) is 4.39 Å². The summed E-state index contributed by atoms with van der Waals surface area (Å²) in [4.78, 5) is 0. The third-order valence-electron chi connectivity index (χ3n) is 2.99. The molecule has 0 aromatic heterocycles. The minimum atomic E-state index is -0.189. The maximum absolute atomic E-state index is 13.2. The van der Waals surface area contributed by atoms with Gasteiger partial charge in [-0.3, -0.25) is 0 Å². The van der Waals surface area contributed by atoms with Gasteiger partial charge in [-0.15, -0.1) is 0 Å². The van der Waals surface area contributed by atoms with Gasteiger partial charge >= 0.3 is 0 Å².